The van der Waals surface area contributed by atoms with Crippen molar-refractivity contribution < 1.29 is 9.53 Å². The van der Waals surface area contributed by atoms with Gasteiger partial charge in [0.25, 0.3) is 0 Å². The fraction of sp³-hybridized carbons (Fsp3) is 0.300. The number of rotatable bonds is 3. The van der Waals surface area contributed by atoms with Crippen LogP contribution in [0.1, 0.15) is 12.5 Å². The van der Waals surface area contributed by atoms with Gasteiger partial charge in [-0.25, -0.2) is 0 Å². The Morgan fingerprint density at radius 2 is 2.23 bits per heavy atom. The van der Waals surface area contributed by atoms with Crippen LogP contribution in [0.5, 0.6) is 5.75 Å². The SMILES string of the molecule is COc1cc(Br)ccc1CC(C)=O. The van der Waals surface area contributed by atoms with Crippen LogP contribution in [0, 0.1) is 0 Å². The van der Waals surface area contributed by atoms with E-state index in [1.165, 1.54) is 0 Å². The molecule has 0 unspecified atom stereocenters. The first-order valence-electron chi connectivity index (χ1n) is 3.95. The second-order valence-corrected chi connectivity index (χ2v) is 3.75. The highest BCUT2D eigenvalue weighted by molar-refractivity contribution is 9.10. The Kier molecular flexibility index (Phi) is 3.48. The van der Waals surface area contributed by atoms with Crippen molar-refractivity contribution in [1.82, 2.24) is 0 Å². The van der Waals surface area contributed by atoms with Gasteiger partial charge >= 0.3 is 0 Å². The highest BCUT2D eigenvalue weighted by atomic mass is 79.9. The monoisotopic (exact) mass is 242 g/mol. The Balaban J connectivity index is 2.99. The lowest BCUT2D eigenvalue weighted by Crippen LogP contribution is -1.99. The van der Waals surface area contributed by atoms with Crippen LogP contribution in [0.2, 0.25) is 0 Å². The molecule has 0 saturated heterocycles. The summed E-state index contributed by atoms with van der Waals surface area (Å²) >= 11 is 3.34. The van der Waals surface area contributed by atoms with Gasteiger partial charge in [0, 0.05) is 16.5 Å². The second kappa shape index (κ2) is 4.42. The van der Waals surface area contributed by atoms with Crippen LogP contribution < -0.4 is 4.74 Å². The van der Waals surface area contributed by atoms with Gasteiger partial charge in [0.1, 0.15) is 11.5 Å². The third-order valence-corrected chi connectivity index (χ3v) is 2.18. The van der Waals surface area contributed by atoms with Crippen molar-refractivity contribution in [1.29, 1.82) is 0 Å². The predicted molar refractivity (Wildman–Crippen MR) is 55.1 cm³/mol. The summed E-state index contributed by atoms with van der Waals surface area (Å²) in [6.07, 6.45) is 0.427. The van der Waals surface area contributed by atoms with Gasteiger partial charge in [-0.2, -0.15) is 0 Å². The first kappa shape index (κ1) is 10.3. The maximum Gasteiger partial charge on any atom is 0.134 e. The van der Waals surface area contributed by atoms with E-state index >= 15 is 0 Å². The molecule has 0 heterocycles. The molecule has 0 bridgehead atoms. The predicted octanol–water partition coefficient (Wildman–Crippen LogP) is 2.59. The molecular weight excluding hydrogens is 232 g/mol. The van der Waals surface area contributed by atoms with Gasteiger partial charge in [-0.15, -0.1) is 0 Å². The Morgan fingerprint density at radius 3 is 2.77 bits per heavy atom. The minimum Gasteiger partial charge on any atom is -0.496 e. The molecule has 0 atom stereocenters. The minimum atomic E-state index is 0.139. The van der Waals surface area contributed by atoms with Crippen molar-refractivity contribution in [2.24, 2.45) is 0 Å². The van der Waals surface area contributed by atoms with E-state index in [0.717, 1.165) is 15.8 Å². The van der Waals surface area contributed by atoms with Crippen molar-refractivity contribution in [2.75, 3.05) is 7.11 Å². The Bertz CT molecular complexity index is 321. The Hall–Kier alpha value is -0.830. The maximum atomic E-state index is 10.9. The van der Waals surface area contributed by atoms with E-state index in [-0.39, 0.29) is 5.78 Å². The number of carbonyl (C=O) groups excluding carboxylic acids is 1. The zero-order chi connectivity index (χ0) is 9.84. The molecule has 2 nitrogen and oxygen atoms in total. The standard InChI is InChI=1S/C10H11BrO2/c1-7(12)5-8-3-4-9(11)6-10(8)13-2/h3-4,6H,5H2,1-2H3. The van der Waals surface area contributed by atoms with Crippen molar-refractivity contribution in [3.05, 3.63) is 28.2 Å². The molecule has 0 aliphatic heterocycles. The van der Waals surface area contributed by atoms with Gasteiger partial charge < -0.3 is 4.74 Å². The van der Waals surface area contributed by atoms with E-state index in [4.69, 9.17) is 4.74 Å². The normalized spacial score (nSPS) is 9.77. The van der Waals surface area contributed by atoms with Gasteiger partial charge in [0.15, 0.2) is 0 Å². The lowest BCUT2D eigenvalue weighted by atomic mass is 10.1. The smallest absolute Gasteiger partial charge is 0.134 e. The van der Waals surface area contributed by atoms with Gasteiger partial charge in [-0.05, 0) is 19.1 Å². The molecule has 0 fully saturated rings. The molecule has 0 aromatic heterocycles. The average Bonchev–Trinajstić information content (AvgIpc) is 2.07. The molecular formula is C10H11BrO2. The molecule has 0 saturated carbocycles. The number of ketones is 1. The molecule has 0 aliphatic carbocycles. The first-order valence-corrected chi connectivity index (χ1v) is 4.74. The molecule has 0 spiro atoms. The zero-order valence-corrected chi connectivity index (χ0v) is 9.22. The van der Waals surface area contributed by atoms with Crippen LogP contribution in [-0.4, -0.2) is 12.9 Å². The van der Waals surface area contributed by atoms with Crippen LogP contribution in [0.25, 0.3) is 0 Å². The summed E-state index contributed by atoms with van der Waals surface area (Å²) < 4.78 is 6.10. The van der Waals surface area contributed by atoms with E-state index in [1.54, 1.807) is 14.0 Å². The third kappa shape index (κ3) is 2.84. The number of methoxy groups -OCH3 is 1. The number of Topliss-reactive ketones (excluding diaryl/α,β-unsaturated/α-hetero) is 1. The number of benzene rings is 1. The van der Waals surface area contributed by atoms with E-state index < -0.39 is 0 Å². The van der Waals surface area contributed by atoms with Crippen LogP contribution in [-0.2, 0) is 11.2 Å². The molecule has 1 aromatic rings. The molecule has 3 heteroatoms. The van der Waals surface area contributed by atoms with Crippen LogP contribution in [0.3, 0.4) is 0 Å². The summed E-state index contributed by atoms with van der Waals surface area (Å²) in [6, 6.07) is 5.66. The van der Waals surface area contributed by atoms with Crippen molar-refractivity contribution >= 4 is 21.7 Å². The van der Waals surface area contributed by atoms with Crippen LogP contribution >= 0.6 is 15.9 Å². The van der Waals surface area contributed by atoms with Crippen molar-refractivity contribution in [2.45, 2.75) is 13.3 Å². The molecule has 0 radical (unpaired) electrons. The number of halogens is 1. The van der Waals surface area contributed by atoms with Gasteiger partial charge in [0.2, 0.25) is 0 Å². The van der Waals surface area contributed by atoms with Crippen molar-refractivity contribution in [3.63, 3.8) is 0 Å². The van der Waals surface area contributed by atoms with E-state index in [0.29, 0.717) is 6.42 Å². The summed E-state index contributed by atoms with van der Waals surface area (Å²) in [6.45, 7) is 1.57. The maximum absolute atomic E-state index is 10.9. The molecule has 0 N–H and O–H groups in total. The Labute approximate surface area is 86.0 Å². The summed E-state index contributed by atoms with van der Waals surface area (Å²) in [5, 5.41) is 0. The van der Waals surface area contributed by atoms with Crippen molar-refractivity contribution in [3.8, 4) is 5.75 Å². The fourth-order valence-corrected chi connectivity index (χ4v) is 1.47. The first-order chi connectivity index (χ1) is 6.13. The fourth-order valence-electron chi connectivity index (χ4n) is 1.13. The summed E-state index contributed by atoms with van der Waals surface area (Å²) in [5.41, 5.74) is 0.929. The molecule has 0 amide bonds. The van der Waals surface area contributed by atoms with Crippen LogP contribution in [0.4, 0.5) is 0 Å². The summed E-state index contributed by atoms with van der Waals surface area (Å²) in [4.78, 5) is 10.9. The second-order valence-electron chi connectivity index (χ2n) is 2.83. The third-order valence-electron chi connectivity index (χ3n) is 1.69. The van der Waals surface area contributed by atoms with E-state index in [9.17, 15) is 4.79 Å². The number of hydrogen-bond donors (Lipinski definition) is 0. The van der Waals surface area contributed by atoms with Gasteiger partial charge in [-0.1, -0.05) is 22.0 Å². The largest absolute Gasteiger partial charge is 0.496 e. The van der Waals surface area contributed by atoms with Gasteiger partial charge in [0.05, 0.1) is 7.11 Å². The Morgan fingerprint density at radius 1 is 1.54 bits per heavy atom. The quantitative estimate of drug-likeness (QED) is 0.815. The summed E-state index contributed by atoms with van der Waals surface area (Å²) in [5.74, 6) is 0.894. The molecule has 1 aromatic carbocycles. The number of hydrogen-bond acceptors (Lipinski definition) is 2. The molecule has 0 aliphatic rings. The number of carbonyl (C=O) groups is 1. The highest BCUT2D eigenvalue weighted by Gasteiger charge is 2.05. The summed E-state index contributed by atoms with van der Waals surface area (Å²) in [7, 11) is 1.60. The molecule has 70 valence electrons. The van der Waals surface area contributed by atoms with Gasteiger partial charge in [-0.3, -0.25) is 4.79 Å². The highest BCUT2D eigenvalue weighted by Crippen LogP contribution is 2.23. The number of ether oxygens (including phenoxy) is 1. The minimum absolute atomic E-state index is 0.139. The van der Waals surface area contributed by atoms with E-state index in [2.05, 4.69) is 15.9 Å². The lowest BCUT2D eigenvalue weighted by Gasteiger charge is -2.06. The average molecular weight is 243 g/mol. The zero-order valence-electron chi connectivity index (χ0n) is 7.63. The molecule has 13 heavy (non-hydrogen) atoms. The lowest BCUT2D eigenvalue weighted by molar-refractivity contribution is -0.116. The van der Waals surface area contributed by atoms with Crippen LogP contribution in [0.15, 0.2) is 22.7 Å². The van der Waals surface area contributed by atoms with E-state index in [1.807, 2.05) is 18.2 Å². The molecule has 1 rings (SSSR count). The topological polar surface area (TPSA) is 26.3 Å².